The first-order chi connectivity index (χ1) is 13.7. The van der Waals surface area contributed by atoms with Crippen molar-refractivity contribution in [3.8, 4) is 0 Å². The molecule has 1 aliphatic rings. The van der Waals surface area contributed by atoms with E-state index >= 15 is 0 Å². The SMILES string of the molecule is Cc1ccc([Te]c2ccc3c4c(ccc([Te]c5ccc(C)cc5)c24)CC3)cc1. The van der Waals surface area contributed by atoms with E-state index in [9.17, 15) is 0 Å². The van der Waals surface area contributed by atoms with Crippen LogP contribution in [0, 0.1) is 13.8 Å². The second kappa shape index (κ2) is 7.86. The molecule has 0 unspecified atom stereocenters. The Morgan fingerprint density at radius 1 is 0.500 bits per heavy atom. The fraction of sp³-hybridized carbons (Fsp3) is 0.154. The molecule has 0 nitrogen and oxygen atoms in total. The van der Waals surface area contributed by atoms with Gasteiger partial charge in [0.1, 0.15) is 0 Å². The second-order valence-corrected chi connectivity index (χ2v) is 13.9. The monoisotopic (exact) mass is 594 g/mol. The number of benzene rings is 4. The van der Waals surface area contributed by atoms with Gasteiger partial charge in [-0.05, 0) is 0 Å². The molecule has 28 heavy (non-hydrogen) atoms. The summed E-state index contributed by atoms with van der Waals surface area (Å²) in [7, 11) is 0. The fourth-order valence-corrected chi connectivity index (χ4v) is 10.1. The third kappa shape index (κ3) is 3.65. The molecule has 0 aliphatic heterocycles. The molecule has 0 aromatic heterocycles. The van der Waals surface area contributed by atoms with Crippen molar-refractivity contribution < 1.29 is 0 Å². The first-order valence-electron chi connectivity index (χ1n) is 9.74. The van der Waals surface area contributed by atoms with Crippen LogP contribution >= 0.6 is 0 Å². The molecule has 0 radical (unpaired) electrons. The van der Waals surface area contributed by atoms with Crippen molar-refractivity contribution in [2.24, 2.45) is 0 Å². The summed E-state index contributed by atoms with van der Waals surface area (Å²) < 4.78 is 6.33. The molecule has 5 rings (SSSR count). The Hall–Kier alpha value is -1.28. The van der Waals surface area contributed by atoms with Crippen LogP contribution in [-0.2, 0) is 12.8 Å². The summed E-state index contributed by atoms with van der Waals surface area (Å²) in [5.74, 6) is 0. The predicted molar refractivity (Wildman–Crippen MR) is 124 cm³/mol. The molecule has 0 spiro atoms. The summed E-state index contributed by atoms with van der Waals surface area (Å²) in [4.78, 5) is 0. The number of aryl methyl sites for hydroxylation is 4. The molecule has 0 bridgehead atoms. The van der Waals surface area contributed by atoms with E-state index in [-0.39, 0.29) is 41.8 Å². The van der Waals surface area contributed by atoms with Crippen LogP contribution in [0.25, 0.3) is 10.8 Å². The Labute approximate surface area is 187 Å². The van der Waals surface area contributed by atoms with E-state index in [1.54, 1.807) is 29.1 Å². The predicted octanol–water partition coefficient (Wildman–Crippen LogP) is 2.87. The summed E-state index contributed by atoms with van der Waals surface area (Å²) in [6.45, 7) is 4.35. The maximum absolute atomic E-state index is 2.46. The van der Waals surface area contributed by atoms with Crippen LogP contribution in [0.3, 0.4) is 0 Å². The molecule has 0 saturated heterocycles. The van der Waals surface area contributed by atoms with Crippen molar-refractivity contribution in [2.75, 3.05) is 0 Å². The molecule has 138 valence electrons. The third-order valence-corrected chi connectivity index (χ3v) is 11.5. The van der Waals surface area contributed by atoms with E-state index in [2.05, 4.69) is 86.6 Å². The van der Waals surface area contributed by atoms with Crippen LogP contribution in [0.15, 0.2) is 72.8 Å². The Morgan fingerprint density at radius 2 is 0.929 bits per heavy atom. The molecule has 0 heterocycles. The van der Waals surface area contributed by atoms with Crippen LogP contribution in [0.2, 0.25) is 0 Å². The third-order valence-electron chi connectivity index (χ3n) is 5.42. The molecule has 0 N–H and O–H groups in total. The fourth-order valence-electron chi connectivity index (χ4n) is 3.90. The van der Waals surface area contributed by atoms with Crippen LogP contribution in [0.5, 0.6) is 0 Å². The molecule has 4 aromatic rings. The normalized spacial score (nSPS) is 12.6. The average Bonchev–Trinajstić information content (AvgIpc) is 3.13. The van der Waals surface area contributed by atoms with Gasteiger partial charge in [0.15, 0.2) is 0 Å². The summed E-state index contributed by atoms with van der Waals surface area (Å²) in [5, 5.41) is 3.22. The van der Waals surface area contributed by atoms with Crippen LogP contribution in [0.4, 0.5) is 0 Å². The molecule has 2 heteroatoms. The van der Waals surface area contributed by atoms with Crippen molar-refractivity contribution in [1.29, 1.82) is 0 Å². The van der Waals surface area contributed by atoms with Gasteiger partial charge < -0.3 is 0 Å². The molecule has 0 fully saturated rings. The molecule has 4 aromatic carbocycles. The van der Waals surface area contributed by atoms with Gasteiger partial charge in [-0.25, -0.2) is 0 Å². The summed E-state index contributed by atoms with van der Waals surface area (Å²) >= 11 is -0.753. The zero-order chi connectivity index (χ0) is 19.1. The Morgan fingerprint density at radius 3 is 1.36 bits per heavy atom. The quantitative estimate of drug-likeness (QED) is 0.322. The molecule has 0 saturated carbocycles. The number of hydrogen-bond acceptors (Lipinski definition) is 0. The van der Waals surface area contributed by atoms with Crippen molar-refractivity contribution in [2.45, 2.75) is 26.7 Å². The molecule has 1 aliphatic carbocycles. The van der Waals surface area contributed by atoms with Crippen LogP contribution < -0.4 is 14.4 Å². The van der Waals surface area contributed by atoms with Crippen LogP contribution in [-0.4, -0.2) is 41.8 Å². The van der Waals surface area contributed by atoms with Crippen molar-refractivity contribution in [3.05, 3.63) is 95.1 Å². The Kier molecular flexibility index (Phi) is 5.26. The van der Waals surface area contributed by atoms with Gasteiger partial charge >= 0.3 is 189 Å². The van der Waals surface area contributed by atoms with Crippen molar-refractivity contribution >= 4 is 67.1 Å². The van der Waals surface area contributed by atoms with E-state index in [4.69, 9.17) is 0 Å². The van der Waals surface area contributed by atoms with E-state index in [0.29, 0.717) is 0 Å². The van der Waals surface area contributed by atoms with E-state index in [1.807, 2.05) is 0 Å². The van der Waals surface area contributed by atoms with Gasteiger partial charge in [0.2, 0.25) is 0 Å². The minimum absolute atomic E-state index is 0.377. The van der Waals surface area contributed by atoms with E-state index < -0.39 is 0 Å². The van der Waals surface area contributed by atoms with Crippen molar-refractivity contribution in [1.82, 2.24) is 0 Å². The second-order valence-electron chi connectivity index (χ2n) is 7.53. The maximum atomic E-state index is 2.46. The zero-order valence-corrected chi connectivity index (χ0v) is 20.8. The summed E-state index contributed by atoms with van der Waals surface area (Å²) in [5.41, 5.74) is 5.85. The van der Waals surface area contributed by atoms with Gasteiger partial charge in [0.25, 0.3) is 0 Å². The average molecular weight is 590 g/mol. The van der Waals surface area contributed by atoms with Gasteiger partial charge in [-0.15, -0.1) is 0 Å². The van der Waals surface area contributed by atoms with Gasteiger partial charge in [-0.1, -0.05) is 0 Å². The number of hydrogen-bond donors (Lipinski definition) is 0. The zero-order valence-electron chi connectivity index (χ0n) is 16.2. The minimum atomic E-state index is -0.377. The summed E-state index contributed by atoms with van der Waals surface area (Å²) in [6.07, 6.45) is 2.43. The molecular weight excluding hydrogens is 567 g/mol. The molecular formula is C26H22Te2. The topological polar surface area (TPSA) is 0 Å². The Balaban J connectivity index is 1.63. The van der Waals surface area contributed by atoms with E-state index in [0.717, 1.165) is 0 Å². The first-order valence-corrected chi connectivity index (χ1v) is 14.4. The van der Waals surface area contributed by atoms with Gasteiger partial charge in [0.05, 0.1) is 0 Å². The molecule has 0 atom stereocenters. The van der Waals surface area contributed by atoms with E-state index in [1.165, 1.54) is 31.2 Å². The first kappa shape index (κ1) is 18.7. The molecule has 0 amide bonds. The van der Waals surface area contributed by atoms with Gasteiger partial charge in [-0.3, -0.25) is 0 Å². The Bertz CT molecular complexity index is 1070. The van der Waals surface area contributed by atoms with Gasteiger partial charge in [0, 0.05) is 0 Å². The van der Waals surface area contributed by atoms with Gasteiger partial charge in [-0.2, -0.15) is 0 Å². The summed E-state index contributed by atoms with van der Waals surface area (Å²) in [6, 6.07) is 28.2. The van der Waals surface area contributed by atoms with Crippen LogP contribution in [0.1, 0.15) is 22.3 Å². The standard InChI is InChI=1S/C26H22Te2/c1-17-3-11-21(12-4-17)27-23-15-9-19-7-8-20-10-16-24(26(23)25(19)20)28-22-13-5-18(2)6-14-22/h3-6,9-16H,7-8H2,1-2H3. The van der Waals surface area contributed by atoms with Crippen molar-refractivity contribution in [3.63, 3.8) is 0 Å². The number of rotatable bonds is 4.